The summed E-state index contributed by atoms with van der Waals surface area (Å²) in [6, 6.07) is 16.9. The van der Waals surface area contributed by atoms with Gasteiger partial charge in [-0.25, -0.2) is 0 Å². The number of methoxy groups -OCH3 is 2. The van der Waals surface area contributed by atoms with Crippen molar-refractivity contribution in [3.63, 3.8) is 0 Å². The molecule has 3 rings (SSSR count). The third-order valence-electron chi connectivity index (χ3n) is 5.40. The molecule has 1 unspecified atom stereocenters. The number of hydrogen-bond donors (Lipinski definition) is 1. The normalized spacial score (nSPS) is 16.6. The zero-order valence-corrected chi connectivity index (χ0v) is 18.0. The van der Waals surface area contributed by atoms with Crippen LogP contribution in [0.25, 0.3) is 5.57 Å². The Bertz CT molecular complexity index is 1010. The van der Waals surface area contributed by atoms with Gasteiger partial charge in [0.1, 0.15) is 0 Å². The van der Waals surface area contributed by atoms with Crippen LogP contribution in [0.4, 0.5) is 0 Å². The topological polar surface area (TPSA) is 54.3 Å². The summed E-state index contributed by atoms with van der Waals surface area (Å²) in [7, 11) is 3.27. The lowest BCUT2D eigenvalue weighted by Gasteiger charge is -2.33. The third-order valence-corrected chi connectivity index (χ3v) is 5.40. The highest BCUT2D eigenvalue weighted by atomic mass is 16.5. The molecule has 2 aromatic rings. The van der Waals surface area contributed by atoms with E-state index < -0.39 is 0 Å². The van der Waals surface area contributed by atoms with Gasteiger partial charge in [0.25, 0.3) is 0 Å². The van der Waals surface area contributed by atoms with E-state index in [-0.39, 0.29) is 11.8 Å². The van der Waals surface area contributed by atoms with E-state index in [4.69, 9.17) is 9.47 Å². The molecule has 1 atom stereocenters. The molecule has 1 aliphatic heterocycles. The lowest BCUT2D eigenvalue weighted by atomic mass is 9.76. The van der Waals surface area contributed by atoms with Crippen LogP contribution in [0, 0.1) is 24.2 Å². The van der Waals surface area contributed by atoms with Crippen LogP contribution in [-0.2, 0) is 0 Å². The second-order valence-corrected chi connectivity index (χ2v) is 7.67. The summed E-state index contributed by atoms with van der Waals surface area (Å²) in [6.07, 6.45) is 0. The average molecular weight is 389 g/mol. The molecule has 0 spiro atoms. The Morgan fingerprint density at radius 2 is 1.62 bits per heavy atom. The number of rotatable bonds is 5. The minimum atomic E-state index is -0.141. The highest BCUT2D eigenvalue weighted by molar-refractivity contribution is 5.81. The summed E-state index contributed by atoms with van der Waals surface area (Å²) in [4.78, 5) is 0. The van der Waals surface area contributed by atoms with Crippen molar-refractivity contribution < 1.29 is 9.47 Å². The Balaban J connectivity index is 2.25. The minimum Gasteiger partial charge on any atom is -0.493 e. The molecule has 1 aliphatic rings. The number of nitrogens with zero attached hydrogens (tertiary/aromatic N) is 1. The number of nitrogens with one attached hydrogen (secondary N) is 1. The smallest absolute Gasteiger partial charge is 0.161 e. The first-order valence-corrected chi connectivity index (χ1v) is 9.82. The first-order valence-electron chi connectivity index (χ1n) is 9.82. The lowest BCUT2D eigenvalue weighted by Crippen LogP contribution is -2.27. The van der Waals surface area contributed by atoms with Crippen molar-refractivity contribution in [2.24, 2.45) is 5.92 Å². The van der Waals surface area contributed by atoms with E-state index in [1.165, 1.54) is 5.56 Å². The highest BCUT2D eigenvalue weighted by Gasteiger charge is 2.32. The van der Waals surface area contributed by atoms with Gasteiger partial charge in [-0.05, 0) is 48.6 Å². The van der Waals surface area contributed by atoms with Crippen LogP contribution in [-0.4, -0.2) is 14.2 Å². The highest BCUT2D eigenvalue weighted by Crippen LogP contribution is 2.45. The van der Waals surface area contributed by atoms with E-state index in [2.05, 4.69) is 63.3 Å². The van der Waals surface area contributed by atoms with Crippen molar-refractivity contribution >= 4 is 5.57 Å². The molecule has 0 amide bonds. The second-order valence-electron chi connectivity index (χ2n) is 7.67. The first-order chi connectivity index (χ1) is 13.9. The average Bonchev–Trinajstić information content (AvgIpc) is 2.73. The van der Waals surface area contributed by atoms with Gasteiger partial charge < -0.3 is 14.8 Å². The summed E-state index contributed by atoms with van der Waals surface area (Å²) < 4.78 is 10.9. The maximum Gasteiger partial charge on any atom is 0.161 e. The van der Waals surface area contributed by atoms with Crippen molar-refractivity contribution in [1.82, 2.24) is 5.32 Å². The number of dihydropyridines is 1. The summed E-state index contributed by atoms with van der Waals surface area (Å²) in [5, 5.41) is 13.6. The molecule has 0 radical (unpaired) electrons. The van der Waals surface area contributed by atoms with Crippen LogP contribution in [0.1, 0.15) is 43.4 Å². The fourth-order valence-electron chi connectivity index (χ4n) is 3.91. The Hall–Kier alpha value is -3.19. The predicted molar refractivity (Wildman–Crippen MR) is 117 cm³/mol. The molecule has 0 bridgehead atoms. The number of aryl methyl sites for hydroxylation is 1. The van der Waals surface area contributed by atoms with Gasteiger partial charge >= 0.3 is 0 Å². The summed E-state index contributed by atoms with van der Waals surface area (Å²) in [5.74, 6) is 1.44. The summed E-state index contributed by atoms with van der Waals surface area (Å²) in [5.41, 5.74) is 7.19. The van der Waals surface area contributed by atoms with Crippen molar-refractivity contribution in [1.29, 1.82) is 5.26 Å². The van der Waals surface area contributed by atoms with Crippen LogP contribution >= 0.6 is 0 Å². The third kappa shape index (κ3) is 3.86. The number of allylic oxidation sites excluding steroid dienone is 4. The van der Waals surface area contributed by atoms with E-state index in [9.17, 15) is 5.26 Å². The number of benzene rings is 2. The standard InChI is InChI=1S/C25H28N2O2/c1-15(2)25-20(14-26)24(18-9-7-16(3)8-10-18)23(17(4)27-25)19-11-12-21(28-5)22(13-19)29-6/h7-13,15,24,27H,1-6H3. The monoisotopic (exact) mass is 388 g/mol. The van der Waals surface area contributed by atoms with Crippen LogP contribution in [0.5, 0.6) is 11.5 Å². The van der Waals surface area contributed by atoms with Gasteiger partial charge in [0, 0.05) is 17.3 Å². The zero-order valence-electron chi connectivity index (χ0n) is 18.0. The molecule has 0 saturated heterocycles. The molecule has 2 aromatic carbocycles. The van der Waals surface area contributed by atoms with E-state index in [0.717, 1.165) is 33.7 Å². The van der Waals surface area contributed by atoms with Crippen molar-refractivity contribution in [2.75, 3.05) is 14.2 Å². The first kappa shape index (κ1) is 20.5. The molecule has 29 heavy (non-hydrogen) atoms. The minimum absolute atomic E-state index is 0.141. The molecule has 1 heterocycles. The number of nitriles is 1. The van der Waals surface area contributed by atoms with Gasteiger partial charge in [-0.15, -0.1) is 0 Å². The van der Waals surface area contributed by atoms with E-state index in [1.807, 2.05) is 18.2 Å². The SMILES string of the molecule is COc1ccc(C2=C(C)NC(C(C)C)=C(C#N)C2c2ccc(C)cc2)cc1OC. The van der Waals surface area contributed by atoms with Crippen molar-refractivity contribution in [3.8, 4) is 17.6 Å². The Labute approximate surface area is 173 Å². The summed E-state index contributed by atoms with van der Waals surface area (Å²) in [6.45, 7) is 8.37. The fraction of sp³-hybridized carbons (Fsp3) is 0.320. The van der Waals surface area contributed by atoms with Crippen LogP contribution in [0.2, 0.25) is 0 Å². The van der Waals surface area contributed by atoms with E-state index >= 15 is 0 Å². The van der Waals surface area contributed by atoms with Crippen LogP contribution in [0.3, 0.4) is 0 Å². The summed E-state index contributed by atoms with van der Waals surface area (Å²) >= 11 is 0. The number of hydrogen-bond acceptors (Lipinski definition) is 4. The van der Waals surface area contributed by atoms with Gasteiger partial charge in [-0.3, -0.25) is 0 Å². The molecule has 0 fully saturated rings. The van der Waals surface area contributed by atoms with Gasteiger partial charge in [-0.2, -0.15) is 5.26 Å². The molecular formula is C25H28N2O2. The maximum absolute atomic E-state index is 10.1. The van der Waals surface area contributed by atoms with Gasteiger partial charge in [0.2, 0.25) is 0 Å². The van der Waals surface area contributed by atoms with Crippen molar-refractivity contribution in [2.45, 2.75) is 33.6 Å². The van der Waals surface area contributed by atoms with Crippen LogP contribution in [0.15, 0.2) is 59.4 Å². The Kier molecular flexibility index (Phi) is 5.98. The van der Waals surface area contributed by atoms with E-state index in [0.29, 0.717) is 11.5 Å². The molecule has 0 aromatic heterocycles. The largest absolute Gasteiger partial charge is 0.493 e. The lowest BCUT2D eigenvalue weighted by molar-refractivity contribution is 0.355. The predicted octanol–water partition coefficient (Wildman–Crippen LogP) is 5.56. The molecule has 1 N–H and O–H groups in total. The Morgan fingerprint density at radius 1 is 0.966 bits per heavy atom. The number of ether oxygens (including phenoxy) is 2. The molecule has 0 aliphatic carbocycles. The van der Waals surface area contributed by atoms with Crippen LogP contribution < -0.4 is 14.8 Å². The van der Waals surface area contributed by atoms with Gasteiger partial charge in [-0.1, -0.05) is 49.7 Å². The molecular weight excluding hydrogens is 360 g/mol. The molecule has 0 saturated carbocycles. The Morgan fingerprint density at radius 3 is 2.17 bits per heavy atom. The zero-order chi connectivity index (χ0) is 21.1. The quantitative estimate of drug-likeness (QED) is 0.728. The van der Waals surface area contributed by atoms with E-state index in [1.54, 1.807) is 14.2 Å². The van der Waals surface area contributed by atoms with Gasteiger partial charge in [0.05, 0.1) is 25.9 Å². The maximum atomic E-state index is 10.1. The second kappa shape index (κ2) is 8.45. The van der Waals surface area contributed by atoms with Crippen molar-refractivity contribution in [3.05, 3.63) is 76.1 Å². The molecule has 4 nitrogen and oxygen atoms in total. The molecule has 150 valence electrons. The fourth-order valence-corrected chi connectivity index (χ4v) is 3.91. The molecule has 4 heteroatoms. The van der Waals surface area contributed by atoms with Gasteiger partial charge in [0.15, 0.2) is 11.5 Å².